The summed E-state index contributed by atoms with van der Waals surface area (Å²) in [4.78, 5) is 17.2. The Kier molecular flexibility index (Phi) is 3.67. The number of nitrogens with zero attached hydrogens (tertiary/aromatic N) is 2. The van der Waals surface area contributed by atoms with Crippen molar-refractivity contribution in [2.75, 3.05) is 5.32 Å². The van der Waals surface area contributed by atoms with Gasteiger partial charge in [-0.2, -0.15) is 0 Å². The van der Waals surface area contributed by atoms with Crippen LogP contribution in [0.2, 0.25) is 0 Å². The molecule has 2 aromatic heterocycles. The number of carbonyl (C=O) groups excluding carboxylic acids is 1. The van der Waals surface area contributed by atoms with Crippen LogP contribution >= 0.6 is 0 Å². The summed E-state index contributed by atoms with van der Waals surface area (Å²) in [7, 11) is 0. The smallest absolute Gasteiger partial charge is 0.274 e. The van der Waals surface area contributed by atoms with Gasteiger partial charge in [-0.15, -0.1) is 0 Å². The van der Waals surface area contributed by atoms with Gasteiger partial charge in [0.2, 0.25) is 0 Å². The molecule has 0 saturated heterocycles. The quantitative estimate of drug-likeness (QED) is 0.799. The molecule has 3 aromatic rings. The van der Waals surface area contributed by atoms with Crippen molar-refractivity contribution in [3.63, 3.8) is 0 Å². The summed E-state index contributed by atoms with van der Waals surface area (Å²) in [5.74, 6) is -0.125. The SMILES string of the molecule is CCc1cccc(C)c1NC(=O)c1c(C)nc2ccccn12. The summed E-state index contributed by atoms with van der Waals surface area (Å²) in [5, 5.41) is 3.07. The van der Waals surface area contributed by atoms with E-state index >= 15 is 0 Å². The van der Waals surface area contributed by atoms with Crippen molar-refractivity contribution in [2.45, 2.75) is 27.2 Å². The summed E-state index contributed by atoms with van der Waals surface area (Å²) in [5.41, 5.74) is 5.21. The van der Waals surface area contributed by atoms with Gasteiger partial charge < -0.3 is 5.32 Å². The number of aromatic nitrogens is 2. The molecule has 0 radical (unpaired) electrons. The van der Waals surface area contributed by atoms with Crippen molar-refractivity contribution in [1.29, 1.82) is 0 Å². The molecule has 1 aromatic carbocycles. The maximum Gasteiger partial charge on any atom is 0.274 e. The van der Waals surface area contributed by atoms with Crippen LogP contribution in [-0.2, 0) is 6.42 Å². The topological polar surface area (TPSA) is 46.4 Å². The fourth-order valence-corrected chi connectivity index (χ4v) is 2.76. The lowest BCUT2D eigenvalue weighted by atomic mass is 10.1. The van der Waals surface area contributed by atoms with E-state index in [1.54, 1.807) is 0 Å². The summed E-state index contributed by atoms with van der Waals surface area (Å²) in [6, 6.07) is 11.8. The van der Waals surface area contributed by atoms with E-state index in [0.717, 1.165) is 34.6 Å². The van der Waals surface area contributed by atoms with Crippen LogP contribution < -0.4 is 5.32 Å². The van der Waals surface area contributed by atoms with E-state index in [1.807, 2.05) is 60.8 Å². The van der Waals surface area contributed by atoms with Gasteiger partial charge in [-0.25, -0.2) is 4.98 Å². The van der Waals surface area contributed by atoms with Crippen LogP contribution in [0.4, 0.5) is 5.69 Å². The predicted molar refractivity (Wildman–Crippen MR) is 88.4 cm³/mol. The number of rotatable bonds is 3. The third kappa shape index (κ3) is 2.37. The fraction of sp³-hybridized carbons (Fsp3) is 0.222. The van der Waals surface area contributed by atoms with E-state index in [0.29, 0.717) is 5.69 Å². The number of anilines is 1. The highest BCUT2D eigenvalue weighted by Gasteiger charge is 2.18. The molecule has 0 unspecified atom stereocenters. The molecule has 0 spiro atoms. The molecule has 22 heavy (non-hydrogen) atoms. The van der Waals surface area contributed by atoms with Crippen molar-refractivity contribution in [2.24, 2.45) is 0 Å². The molecule has 0 aliphatic rings. The highest BCUT2D eigenvalue weighted by atomic mass is 16.2. The maximum atomic E-state index is 12.8. The third-order valence-corrected chi connectivity index (χ3v) is 3.90. The van der Waals surface area contributed by atoms with Gasteiger partial charge in [-0.1, -0.05) is 31.2 Å². The summed E-state index contributed by atoms with van der Waals surface area (Å²) < 4.78 is 1.83. The predicted octanol–water partition coefficient (Wildman–Crippen LogP) is 3.77. The number of para-hydroxylation sites is 1. The molecule has 0 atom stereocenters. The number of benzene rings is 1. The average Bonchev–Trinajstić information content (AvgIpc) is 2.85. The van der Waals surface area contributed by atoms with Crippen LogP contribution in [0.5, 0.6) is 0 Å². The first-order valence-corrected chi connectivity index (χ1v) is 7.45. The molecule has 4 heteroatoms. The number of hydrogen-bond acceptors (Lipinski definition) is 2. The standard InChI is InChI=1S/C18H19N3O/c1-4-14-9-7-8-12(2)16(14)20-18(22)17-13(3)19-15-10-5-6-11-21(15)17/h5-11H,4H2,1-3H3,(H,20,22). The number of aryl methyl sites for hydroxylation is 3. The van der Waals surface area contributed by atoms with Crippen molar-refractivity contribution in [1.82, 2.24) is 9.38 Å². The second kappa shape index (κ2) is 5.64. The van der Waals surface area contributed by atoms with Gasteiger partial charge >= 0.3 is 0 Å². The Bertz CT molecular complexity index is 849. The molecule has 2 heterocycles. The van der Waals surface area contributed by atoms with Crippen LogP contribution in [0.25, 0.3) is 5.65 Å². The lowest BCUT2D eigenvalue weighted by Crippen LogP contribution is -2.17. The monoisotopic (exact) mass is 293 g/mol. The van der Waals surface area contributed by atoms with Crippen molar-refractivity contribution >= 4 is 17.2 Å². The molecule has 0 bridgehead atoms. The van der Waals surface area contributed by atoms with Gasteiger partial charge in [0.1, 0.15) is 11.3 Å². The Balaban J connectivity index is 2.03. The summed E-state index contributed by atoms with van der Waals surface area (Å²) >= 11 is 0. The normalized spacial score (nSPS) is 10.9. The molecule has 0 fully saturated rings. The van der Waals surface area contributed by atoms with Gasteiger partial charge in [0.25, 0.3) is 5.91 Å². The van der Waals surface area contributed by atoms with E-state index in [2.05, 4.69) is 17.2 Å². The van der Waals surface area contributed by atoms with Gasteiger partial charge in [0.05, 0.1) is 5.69 Å². The van der Waals surface area contributed by atoms with Crippen molar-refractivity contribution < 1.29 is 4.79 Å². The second-order valence-electron chi connectivity index (χ2n) is 5.39. The minimum Gasteiger partial charge on any atom is -0.320 e. The van der Waals surface area contributed by atoms with Crippen molar-refractivity contribution in [3.8, 4) is 0 Å². The number of carbonyl (C=O) groups is 1. The Labute approximate surface area is 129 Å². The highest BCUT2D eigenvalue weighted by molar-refractivity contribution is 6.05. The summed E-state index contributed by atoms with van der Waals surface area (Å²) in [6.45, 7) is 5.96. The Hall–Kier alpha value is -2.62. The van der Waals surface area contributed by atoms with Gasteiger partial charge in [-0.05, 0) is 43.5 Å². The maximum absolute atomic E-state index is 12.8. The number of hydrogen-bond donors (Lipinski definition) is 1. The molecule has 1 amide bonds. The first kappa shape index (κ1) is 14.3. The van der Waals surface area contributed by atoms with Crippen LogP contribution in [0, 0.1) is 13.8 Å². The molecule has 0 aliphatic carbocycles. The second-order valence-corrected chi connectivity index (χ2v) is 5.39. The number of amides is 1. The minimum absolute atomic E-state index is 0.125. The number of nitrogens with one attached hydrogen (secondary N) is 1. The van der Waals surface area contributed by atoms with Crippen LogP contribution in [0.15, 0.2) is 42.6 Å². The zero-order chi connectivity index (χ0) is 15.7. The molecule has 0 aliphatic heterocycles. The zero-order valence-electron chi connectivity index (χ0n) is 13.1. The number of pyridine rings is 1. The highest BCUT2D eigenvalue weighted by Crippen LogP contribution is 2.22. The van der Waals surface area contributed by atoms with Gasteiger partial charge in [0, 0.05) is 11.9 Å². The molecule has 112 valence electrons. The molecule has 0 saturated carbocycles. The minimum atomic E-state index is -0.125. The summed E-state index contributed by atoms with van der Waals surface area (Å²) in [6.07, 6.45) is 2.74. The number of imidazole rings is 1. The largest absolute Gasteiger partial charge is 0.320 e. The zero-order valence-corrected chi connectivity index (χ0v) is 13.1. The van der Waals surface area contributed by atoms with Gasteiger partial charge in [0.15, 0.2) is 0 Å². The molecule has 4 nitrogen and oxygen atoms in total. The van der Waals surface area contributed by atoms with Crippen LogP contribution in [0.1, 0.15) is 34.2 Å². The first-order valence-electron chi connectivity index (χ1n) is 7.45. The molecule has 3 rings (SSSR count). The fourth-order valence-electron chi connectivity index (χ4n) is 2.76. The Morgan fingerprint density at radius 1 is 1.18 bits per heavy atom. The Morgan fingerprint density at radius 2 is 2.00 bits per heavy atom. The third-order valence-electron chi connectivity index (χ3n) is 3.90. The van der Waals surface area contributed by atoms with Gasteiger partial charge in [-0.3, -0.25) is 9.20 Å². The Morgan fingerprint density at radius 3 is 2.77 bits per heavy atom. The van der Waals surface area contributed by atoms with Crippen LogP contribution in [-0.4, -0.2) is 15.3 Å². The van der Waals surface area contributed by atoms with E-state index in [4.69, 9.17) is 0 Å². The van der Waals surface area contributed by atoms with E-state index in [-0.39, 0.29) is 5.91 Å². The molecular formula is C18H19N3O. The average molecular weight is 293 g/mol. The lowest BCUT2D eigenvalue weighted by molar-refractivity contribution is 0.102. The van der Waals surface area contributed by atoms with E-state index < -0.39 is 0 Å². The number of fused-ring (bicyclic) bond motifs is 1. The van der Waals surface area contributed by atoms with E-state index in [9.17, 15) is 4.79 Å². The first-order chi connectivity index (χ1) is 10.6. The molecular weight excluding hydrogens is 274 g/mol. The molecule has 1 N–H and O–H groups in total. The van der Waals surface area contributed by atoms with Crippen LogP contribution in [0.3, 0.4) is 0 Å². The lowest BCUT2D eigenvalue weighted by Gasteiger charge is -2.13. The van der Waals surface area contributed by atoms with Crippen molar-refractivity contribution in [3.05, 3.63) is 65.1 Å². The van der Waals surface area contributed by atoms with E-state index in [1.165, 1.54) is 0 Å².